The van der Waals surface area contributed by atoms with Gasteiger partial charge in [-0.15, -0.1) is 0 Å². The minimum Gasteiger partial charge on any atom is -0.355 e. The second-order valence-electron chi connectivity index (χ2n) is 5.91. The van der Waals surface area contributed by atoms with E-state index < -0.39 is 0 Å². The molecule has 2 aliphatic rings. The van der Waals surface area contributed by atoms with Crippen molar-refractivity contribution < 1.29 is 41.7 Å². The first-order valence-electron chi connectivity index (χ1n) is 7.85. The Morgan fingerprint density at radius 1 is 0.480 bits per heavy atom. The summed E-state index contributed by atoms with van der Waals surface area (Å²) in [7, 11) is 0. The molecule has 5 heterocycles. The second-order valence-corrected chi connectivity index (χ2v) is 5.91. The second kappa shape index (κ2) is 6.71. The summed E-state index contributed by atoms with van der Waals surface area (Å²) in [5, 5.41) is 0. The van der Waals surface area contributed by atoms with Gasteiger partial charge in [-0.2, -0.15) is 0 Å². The van der Waals surface area contributed by atoms with E-state index in [9.17, 15) is 0 Å². The molecule has 8 bridgehead atoms. The third kappa shape index (κ3) is 3.51. The Hall–Kier alpha value is -2.02. The van der Waals surface area contributed by atoms with Gasteiger partial charge in [0.15, 0.2) is 0 Å². The number of fused-ring (bicyclic) bond motifs is 8. The first-order chi connectivity index (χ1) is 11.8. The van der Waals surface area contributed by atoms with Crippen LogP contribution in [0.1, 0.15) is 22.8 Å². The van der Waals surface area contributed by atoms with Crippen LogP contribution in [-0.2, 0) is 0 Å². The average Bonchev–Trinajstić information content (AvgIpc) is 3.32. The van der Waals surface area contributed by atoms with Crippen LogP contribution in [-0.4, -0.2) is 19.9 Å². The molecular weight excluding hydrogens is 436 g/mol. The summed E-state index contributed by atoms with van der Waals surface area (Å²) in [6, 6.07) is 16.4. The molecule has 0 unspecified atom stereocenters. The van der Waals surface area contributed by atoms with Gasteiger partial charge < -0.3 is 9.97 Å². The van der Waals surface area contributed by atoms with Gasteiger partial charge in [-0.05, 0) is 72.8 Å². The normalized spacial score (nSPS) is 12.2. The molecule has 3 aromatic heterocycles. The Morgan fingerprint density at radius 2 is 0.760 bits per heavy atom. The topological polar surface area (TPSA) is 57.4 Å². The molecule has 0 saturated carbocycles. The first-order valence-corrected chi connectivity index (χ1v) is 7.85. The van der Waals surface area contributed by atoms with E-state index in [-0.39, 0.29) is 41.7 Å². The summed E-state index contributed by atoms with van der Waals surface area (Å²) < 4.78 is 0. The van der Waals surface area contributed by atoms with Crippen LogP contribution in [0.3, 0.4) is 0 Å². The molecule has 0 spiro atoms. The molecule has 0 fully saturated rings. The molecule has 5 rings (SSSR count). The smallest absolute Gasteiger partial charge is 0.0658 e. The molecule has 2 N–H and O–H groups in total. The fraction of sp³-hybridized carbons (Fsp3) is 0. The van der Waals surface area contributed by atoms with E-state index in [1.807, 2.05) is 48.6 Å². The zero-order valence-corrected chi connectivity index (χ0v) is 16.5. The van der Waals surface area contributed by atoms with E-state index in [1.165, 1.54) is 0 Å². The molecule has 0 amide bonds. The number of nitrogens with one attached hydrogen (secondary N) is 2. The Labute approximate surface area is 178 Å². The molecule has 3 aromatic rings. The Morgan fingerprint density at radius 3 is 1.04 bits per heavy atom. The number of aromatic nitrogens is 4. The van der Waals surface area contributed by atoms with Crippen molar-refractivity contribution >= 4 is 46.4 Å². The molecule has 0 aliphatic carbocycles. The zero-order chi connectivity index (χ0) is 15.9. The van der Waals surface area contributed by atoms with Crippen molar-refractivity contribution in [3.8, 4) is 0 Å². The Kier molecular flexibility index (Phi) is 4.41. The van der Waals surface area contributed by atoms with Gasteiger partial charge in [0.05, 0.1) is 22.8 Å². The minimum atomic E-state index is 0. The van der Waals surface area contributed by atoms with Crippen molar-refractivity contribution in [2.24, 2.45) is 0 Å². The van der Waals surface area contributed by atoms with Crippen LogP contribution in [0, 0.1) is 41.7 Å². The van der Waals surface area contributed by atoms with Gasteiger partial charge in [0, 0.05) is 63.8 Å². The maximum absolute atomic E-state index is 4.63. The standard InChI is InChI=1S/C20H14N4.Ce/c1-2-14-10-16-5-6-18(23-16)12-20-8-7-19(24-20)11-17-4-3-15(22-17)9-13(1)21-14;/h1-12,21,24H;. The molecule has 0 radical (unpaired) electrons. The molecule has 0 atom stereocenters. The van der Waals surface area contributed by atoms with Crippen LogP contribution in [0.25, 0.3) is 46.4 Å². The molecular formula is C20H14CeN4. The summed E-state index contributed by atoms with van der Waals surface area (Å²) in [5.41, 5.74) is 7.86. The van der Waals surface area contributed by atoms with Gasteiger partial charge in [0.1, 0.15) is 0 Å². The van der Waals surface area contributed by atoms with E-state index >= 15 is 0 Å². The summed E-state index contributed by atoms with van der Waals surface area (Å²) in [5.74, 6) is 0. The van der Waals surface area contributed by atoms with Gasteiger partial charge in [0.2, 0.25) is 0 Å². The summed E-state index contributed by atoms with van der Waals surface area (Å²) in [6.45, 7) is 0. The van der Waals surface area contributed by atoms with Crippen molar-refractivity contribution in [1.82, 2.24) is 19.9 Å². The van der Waals surface area contributed by atoms with Crippen molar-refractivity contribution in [1.29, 1.82) is 0 Å². The van der Waals surface area contributed by atoms with E-state index in [0.29, 0.717) is 0 Å². The van der Waals surface area contributed by atoms with Crippen molar-refractivity contribution in [3.05, 3.63) is 71.3 Å². The van der Waals surface area contributed by atoms with Crippen molar-refractivity contribution in [3.63, 3.8) is 0 Å². The molecule has 0 saturated heterocycles. The van der Waals surface area contributed by atoms with Gasteiger partial charge in [-0.1, -0.05) is 0 Å². The molecule has 2 aliphatic heterocycles. The summed E-state index contributed by atoms with van der Waals surface area (Å²) in [6.07, 6.45) is 8.09. The van der Waals surface area contributed by atoms with Crippen LogP contribution in [0.15, 0.2) is 48.5 Å². The number of aromatic amines is 2. The molecule has 118 valence electrons. The van der Waals surface area contributed by atoms with Crippen LogP contribution in [0.4, 0.5) is 0 Å². The SMILES string of the molecule is C1=Cc2cc3ccc(cc4nc(cc5ccc(cc1n2)[nH]5)C=C4)[nH]3.[Ce]. The summed E-state index contributed by atoms with van der Waals surface area (Å²) >= 11 is 0. The predicted molar refractivity (Wildman–Crippen MR) is 98.9 cm³/mol. The fourth-order valence-electron chi connectivity index (χ4n) is 2.94. The molecule has 0 aromatic carbocycles. The zero-order valence-electron chi connectivity index (χ0n) is 13.3. The van der Waals surface area contributed by atoms with Crippen LogP contribution in [0.2, 0.25) is 0 Å². The number of hydrogen-bond donors (Lipinski definition) is 2. The Balaban J connectivity index is 0.00000157. The Bertz CT molecular complexity index is 990. The van der Waals surface area contributed by atoms with E-state index in [4.69, 9.17) is 0 Å². The molecule has 25 heavy (non-hydrogen) atoms. The van der Waals surface area contributed by atoms with Crippen LogP contribution < -0.4 is 0 Å². The molecule has 4 nitrogen and oxygen atoms in total. The van der Waals surface area contributed by atoms with Crippen molar-refractivity contribution in [2.75, 3.05) is 0 Å². The molecule has 5 heteroatoms. The number of nitrogens with zero attached hydrogens (tertiary/aromatic N) is 2. The fourth-order valence-corrected chi connectivity index (χ4v) is 2.94. The van der Waals surface area contributed by atoms with Gasteiger partial charge in [-0.25, -0.2) is 9.97 Å². The van der Waals surface area contributed by atoms with Gasteiger partial charge >= 0.3 is 0 Å². The van der Waals surface area contributed by atoms with Crippen LogP contribution in [0.5, 0.6) is 0 Å². The van der Waals surface area contributed by atoms with Gasteiger partial charge in [-0.3, -0.25) is 0 Å². The van der Waals surface area contributed by atoms with E-state index in [2.05, 4.69) is 44.2 Å². The quantitative estimate of drug-likeness (QED) is 0.361. The monoisotopic (exact) mass is 450 g/mol. The third-order valence-corrected chi connectivity index (χ3v) is 4.04. The van der Waals surface area contributed by atoms with E-state index in [0.717, 1.165) is 44.8 Å². The van der Waals surface area contributed by atoms with E-state index in [1.54, 1.807) is 0 Å². The number of hydrogen-bond acceptors (Lipinski definition) is 2. The largest absolute Gasteiger partial charge is 0.355 e. The van der Waals surface area contributed by atoms with Gasteiger partial charge in [0.25, 0.3) is 0 Å². The average molecular weight is 450 g/mol. The predicted octanol–water partition coefficient (Wildman–Crippen LogP) is 4.66. The minimum absolute atomic E-state index is 0. The number of H-pyrrole nitrogens is 2. The number of rotatable bonds is 0. The summed E-state index contributed by atoms with van der Waals surface area (Å²) in [4.78, 5) is 16.0. The maximum atomic E-state index is 4.63. The third-order valence-electron chi connectivity index (χ3n) is 4.04. The van der Waals surface area contributed by atoms with Crippen LogP contribution >= 0.6 is 0 Å². The first kappa shape index (κ1) is 16.4. The maximum Gasteiger partial charge on any atom is 0.0658 e. The van der Waals surface area contributed by atoms with Crippen molar-refractivity contribution in [2.45, 2.75) is 0 Å².